The van der Waals surface area contributed by atoms with Crippen molar-refractivity contribution in [2.45, 2.75) is 13.5 Å². The molecule has 26 heavy (non-hydrogen) atoms. The Morgan fingerprint density at radius 1 is 1.00 bits per heavy atom. The summed E-state index contributed by atoms with van der Waals surface area (Å²) in [7, 11) is 0. The lowest BCUT2D eigenvalue weighted by molar-refractivity contribution is -0.118. The van der Waals surface area contributed by atoms with E-state index in [9.17, 15) is 4.79 Å². The summed E-state index contributed by atoms with van der Waals surface area (Å²) in [6.07, 6.45) is 1.66. The van der Waals surface area contributed by atoms with Crippen molar-refractivity contribution >= 4 is 11.7 Å². The molecule has 0 spiro atoms. The average molecular weight is 351 g/mol. The number of nitrogens with zero attached hydrogens (tertiary/aromatic N) is 2. The van der Waals surface area contributed by atoms with Gasteiger partial charge in [0.1, 0.15) is 5.82 Å². The molecule has 3 rings (SSSR count). The van der Waals surface area contributed by atoms with Gasteiger partial charge < -0.3 is 14.8 Å². The van der Waals surface area contributed by atoms with E-state index in [1.165, 1.54) is 0 Å². The smallest absolute Gasteiger partial charge is 0.263 e. The molecule has 0 fully saturated rings. The van der Waals surface area contributed by atoms with E-state index in [0.717, 1.165) is 5.56 Å². The largest absolute Gasteiger partial charge is 0.490 e. The number of ether oxygens (including phenoxy) is 2. The fourth-order valence-corrected chi connectivity index (χ4v) is 2.49. The van der Waals surface area contributed by atoms with Gasteiger partial charge in [0.2, 0.25) is 0 Å². The van der Waals surface area contributed by atoms with Crippen molar-refractivity contribution in [3.8, 4) is 11.5 Å². The fourth-order valence-electron chi connectivity index (χ4n) is 2.49. The molecule has 1 aromatic heterocycles. The second kappa shape index (κ2) is 8.71. The van der Waals surface area contributed by atoms with Crippen LogP contribution in [0.5, 0.6) is 11.5 Å². The Morgan fingerprint density at radius 3 is 2.42 bits per heavy atom. The molecular weight excluding hydrogens is 330 g/mol. The zero-order valence-electron chi connectivity index (χ0n) is 14.6. The monoisotopic (exact) mass is 351 g/mol. The molecule has 0 bridgehead atoms. The van der Waals surface area contributed by atoms with Crippen LogP contribution >= 0.6 is 0 Å². The van der Waals surface area contributed by atoms with E-state index in [0.29, 0.717) is 30.5 Å². The van der Waals surface area contributed by atoms with Crippen molar-refractivity contribution in [1.82, 2.24) is 9.78 Å². The number of hydrogen-bond donors (Lipinski definition) is 1. The molecule has 1 amide bonds. The number of carbonyl (C=O) groups is 1. The number of rotatable bonds is 8. The highest BCUT2D eigenvalue weighted by molar-refractivity contribution is 5.91. The Morgan fingerprint density at radius 2 is 1.69 bits per heavy atom. The fraction of sp³-hybridized carbons (Fsp3) is 0.200. The maximum Gasteiger partial charge on any atom is 0.263 e. The number of hydrogen-bond acceptors (Lipinski definition) is 4. The van der Waals surface area contributed by atoms with Crippen LogP contribution in [0, 0.1) is 0 Å². The van der Waals surface area contributed by atoms with Gasteiger partial charge in [-0.25, -0.2) is 4.68 Å². The molecule has 0 atom stereocenters. The van der Waals surface area contributed by atoms with Crippen LogP contribution in [-0.4, -0.2) is 28.9 Å². The predicted octanol–water partition coefficient (Wildman–Crippen LogP) is 3.35. The second-order valence-corrected chi connectivity index (χ2v) is 5.58. The quantitative estimate of drug-likeness (QED) is 0.676. The van der Waals surface area contributed by atoms with Gasteiger partial charge in [-0.3, -0.25) is 4.79 Å². The lowest BCUT2D eigenvalue weighted by atomic mass is 10.2. The Bertz CT molecular complexity index is 846. The number of anilines is 1. The second-order valence-electron chi connectivity index (χ2n) is 5.58. The van der Waals surface area contributed by atoms with Crippen LogP contribution in [0.2, 0.25) is 0 Å². The SMILES string of the molecule is CCOc1ccccc1OCC(=O)Nc1ccnn1Cc1ccccc1. The molecule has 1 N–H and O–H groups in total. The van der Waals surface area contributed by atoms with Crippen molar-refractivity contribution in [3.05, 3.63) is 72.4 Å². The summed E-state index contributed by atoms with van der Waals surface area (Å²) >= 11 is 0. The Balaban J connectivity index is 1.59. The Kier molecular flexibility index (Phi) is 5.88. The first kappa shape index (κ1) is 17.5. The van der Waals surface area contributed by atoms with Gasteiger partial charge in [0.15, 0.2) is 18.1 Å². The zero-order valence-corrected chi connectivity index (χ0v) is 14.6. The molecule has 0 saturated carbocycles. The van der Waals surface area contributed by atoms with Crippen LogP contribution in [0.4, 0.5) is 5.82 Å². The van der Waals surface area contributed by atoms with E-state index in [4.69, 9.17) is 9.47 Å². The molecule has 0 aliphatic carbocycles. The van der Waals surface area contributed by atoms with Crippen LogP contribution in [-0.2, 0) is 11.3 Å². The molecule has 0 aliphatic rings. The first-order valence-electron chi connectivity index (χ1n) is 8.46. The van der Waals surface area contributed by atoms with E-state index in [1.54, 1.807) is 23.0 Å². The summed E-state index contributed by atoms with van der Waals surface area (Å²) in [6.45, 7) is 2.90. The van der Waals surface area contributed by atoms with Crippen LogP contribution in [0.1, 0.15) is 12.5 Å². The van der Waals surface area contributed by atoms with Gasteiger partial charge in [0, 0.05) is 6.07 Å². The maximum absolute atomic E-state index is 12.2. The third-order valence-electron chi connectivity index (χ3n) is 3.67. The Hall–Kier alpha value is -3.28. The summed E-state index contributed by atoms with van der Waals surface area (Å²) in [5.41, 5.74) is 1.11. The minimum atomic E-state index is -0.258. The van der Waals surface area contributed by atoms with E-state index >= 15 is 0 Å². The van der Waals surface area contributed by atoms with Crippen LogP contribution in [0.3, 0.4) is 0 Å². The van der Waals surface area contributed by atoms with Crippen molar-refractivity contribution in [3.63, 3.8) is 0 Å². The number of amides is 1. The van der Waals surface area contributed by atoms with E-state index in [-0.39, 0.29) is 12.5 Å². The van der Waals surface area contributed by atoms with Gasteiger partial charge in [-0.15, -0.1) is 0 Å². The molecular formula is C20H21N3O3. The third-order valence-corrected chi connectivity index (χ3v) is 3.67. The van der Waals surface area contributed by atoms with Crippen LogP contribution in [0.25, 0.3) is 0 Å². The standard InChI is InChI=1S/C20H21N3O3/c1-2-25-17-10-6-7-11-18(17)26-15-20(24)22-19-12-13-21-23(19)14-16-8-4-3-5-9-16/h3-13H,2,14-15H2,1H3,(H,22,24). The summed E-state index contributed by atoms with van der Waals surface area (Å²) in [5, 5.41) is 7.09. The molecule has 6 nitrogen and oxygen atoms in total. The van der Waals surface area contributed by atoms with E-state index < -0.39 is 0 Å². The molecule has 3 aromatic rings. The summed E-state index contributed by atoms with van der Waals surface area (Å²) in [5.74, 6) is 1.53. The molecule has 134 valence electrons. The lowest BCUT2D eigenvalue weighted by Crippen LogP contribution is -2.22. The first-order valence-corrected chi connectivity index (χ1v) is 8.46. The lowest BCUT2D eigenvalue weighted by Gasteiger charge is -2.12. The third kappa shape index (κ3) is 4.63. The van der Waals surface area contributed by atoms with Crippen LogP contribution in [0.15, 0.2) is 66.9 Å². The van der Waals surface area contributed by atoms with E-state index in [1.807, 2.05) is 55.5 Å². The highest BCUT2D eigenvalue weighted by atomic mass is 16.5. The van der Waals surface area contributed by atoms with Crippen molar-refractivity contribution in [2.24, 2.45) is 0 Å². The highest BCUT2D eigenvalue weighted by Crippen LogP contribution is 2.26. The van der Waals surface area contributed by atoms with Crippen LogP contribution < -0.4 is 14.8 Å². The first-order chi connectivity index (χ1) is 12.8. The summed E-state index contributed by atoms with van der Waals surface area (Å²) in [6, 6.07) is 19.0. The molecule has 6 heteroatoms. The van der Waals surface area contributed by atoms with Gasteiger partial charge in [-0.1, -0.05) is 42.5 Å². The number of aromatic nitrogens is 2. The average Bonchev–Trinajstić information content (AvgIpc) is 3.09. The van der Waals surface area contributed by atoms with Crippen molar-refractivity contribution in [2.75, 3.05) is 18.5 Å². The van der Waals surface area contributed by atoms with E-state index in [2.05, 4.69) is 10.4 Å². The highest BCUT2D eigenvalue weighted by Gasteiger charge is 2.10. The van der Waals surface area contributed by atoms with Gasteiger partial charge in [0.25, 0.3) is 5.91 Å². The minimum absolute atomic E-state index is 0.111. The zero-order chi connectivity index (χ0) is 18.2. The van der Waals surface area contributed by atoms with Gasteiger partial charge in [0.05, 0.1) is 19.3 Å². The minimum Gasteiger partial charge on any atom is -0.490 e. The number of carbonyl (C=O) groups excluding carboxylic acids is 1. The van der Waals surface area contributed by atoms with Gasteiger partial charge in [-0.2, -0.15) is 5.10 Å². The summed E-state index contributed by atoms with van der Waals surface area (Å²) < 4.78 is 12.8. The normalized spacial score (nSPS) is 10.3. The molecule has 0 unspecified atom stereocenters. The number of para-hydroxylation sites is 2. The van der Waals surface area contributed by atoms with Crippen molar-refractivity contribution in [1.29, 1.82) is 0 Å². The molecule has 1 heterocycles. The topological polar surface area (TPSA) is 65.4 Å². The molecule has 0 aliphatic heterocycles. The summed E-state index contributed by atoms with van der Waals surface area (Å²) in [4.78, 5) is 12.2. The Labute approximate surface area is 152 Å². The molecule has 2 aromatic carbocycles. The van der Waals surface area contributed by atoms with Gasteiger partial charge in [-0.05, 0) is 24.6 Å². The predicted molar refractivity (Wildman–Crippen MR) is 99.5 cm³/mol. The number of benzene rings is 2. The van der Waals surface area contributed by atoms with Crippen molar-refractivity contribution < 1.29 is 14.3 Å². The maximum atomic E-state index is 12.2. The molecule has 0 saturated heterocycles. The molecule has 0 radical (unpaired) electrons. The number of nitrogens with one attached hydrogen (secondary N) is 1. The van der Waals surface area contributed by atoms with Gasteiger partial charge >= 0.3 is 0 Å².